The number of hydrogen-bond donors (Lipinski definition) is 3. The van der Waals surface area contributed by atoms with Crippen LogP contribution in [-0.2, 0) is 37.7 Å². The summed E-state index contributed by atoms with van der Waals surface area (Å²) in [4.78, 5) is 64.5. The van der Waals surface area contributed by atoms with Crippen LogP contribution in [0.2, 0.25) is 18.6 Å². The monoisotopic (exact) mass is 845 g/mol. The lowest BCUT2D eigenvalue weighted by Gasteiger charge is -2.39. The van der Waals surface area contributed by atoms with Crippen molar-refractivity contribution in [2.24, 2.45) is 5.92 Å². The molecule has 3 saturated heterocycles. The highest BCUT2D eigenvalue weighted by Gasteiger charge is 2.67. The first kappa shape index (κ1) is 43.1. The van der Waals surface area contributed by atoms with Crippen molar-refractivity contribution in [3.8, 4) is 0 Å². The van der Waals surface area contributed by atoms with E-state index in [4.69, 9.17) is 4.74 Å². The fourth-order valence-electron chi connectivity index (χ4n) is 11.1. The number of fused-ring (bicyclic) bond motifs is 3. The molecule has 0 aliphatic carbocycles. The van der Waals surface area contributed by atoms with Gasteiger partial charge in [0.15, 0.2) is 13.9 Å². The standard InChI is InChI=1S/C49H63N5O6Si/c1-33(2)13-12-14-34(3)21-26-51-42-20-19-39(53-32-54(38-17-8-7-9-18-38)48(46(53)57)22-24-50-25-23-48)28-41(42)49(47(51)58)35(4)45(61(5,6)59)43(60-49)29-44(56)52-30-37-16-11-10-15-36(37)27-40(52)31-55/h7-11,13,15-21,28,35,40,43,45,50,55,59H,12,14,22-27,29-32H2,1-6H3/b34-21+/t35-,40-,43+,45-,49+/m0/s1. The highest BCUT2D eigenvalue weighted by atomic mass is 28.4. The van der Waals surface area contributed by atoms with Crippen LogP contribution in [0.1, 0.15) is 76.5 Å². The normalized spacial score (nSPS) is 26.1. The lowest BCUT2D eigenvalue weighted by molar-refractivity contribution is -0.150. The van der Waals surface area contributed by atoms with Crippen LogP contribution in [0.5, 0.6) is 0 Å². The Kier molecular flexibility index (Phi) is 12.0. The van der Waals surface area contributed by atoms with Crippen molar-refractivity contribution in [2.75, 3.05) is 47.6 Å². The Labute approximate surface area is 362 Å². The number of ether oxygens (including phenoxy) is 1. The average Bonchev–Trinajstić information content (AvgIpc) is 3.79. The van der Waals surface area contributed by atoms with Gasteiger partial charge in [-0.05, 0) is 121 Å². The molecule has 3 aromatic rings. The molecule has 2 spiro atoms. The summed E-state index contributed by atoms with van der Waals surface area (Å²) < 4.78 is 7.20. The van der Waals surface area contributed by atoms with E-state index >= 15 is 4.79 Å². The number of carbonyl (C=O) groups excluding carboxylic acids is 3. The number of allylic oxidation sites excluding steroid dienone is 3. The minimum absolute atomic E-state index is 0.0364. The summed E-state index contributed by atoms with van der Waals surface area (Å²) in [5.74, 6) is -0.844. The van der Waals surface area contributed by atoms with Crippen LogP contribution in [0.25, 0.3) is 0 Å². The molecule has 324 valence electrons. The number of anilines is 3. The van der Waals surface area contributed by atoms with Gasteiger partial charge >= 0.3 is 0 Å². The van der Waals surface area contributed by atoms with Crippen LogP contribution in [0.3, 0.4) is 0 Å². The molecule has 3 fully saturated rings. The second-order valence-corrected chi connectivity index (χ2v) is 22.8. The molecule has 12 heteroatoms. The van der Waals surface area contributed by atoms with Gasteiger partial charge < -0.3 is 34.7 Å². The van der Waals surface area contributed by atoms with E-state index in [1.54, 1.807) is 9.80 Å². The Balaban J connectivity index is 1.18. The fraction of sp³-hybridized carbons (Fsp3) is 0.490. The van der Waals surface area contributed by atoms with E-state index < -0.39 is 37.0 Å². The molecule has 11 nitrogen and oxygen atoms in total. The minimum Gasteiger partial charge on any atom is -0.432 e. The predicted molar refractivity (Wildman–Crippen MR) is 243 cm³/mol. The Hall–Kier alpha value is -4.59. The molecule has 3 amide bonds. The molecule has 0 radical (unpaired) electrons. The van der Waals surface area contributed by atoms with E-state index in [9.17, 15) is 19.5 Å². The topological polar surface area (TPSA) is 126 Å². The van der Waals surface area contributed by atoms with Crippen molar-refractivity contribution in [3.05, 3.63) is 113 Å². The predicted octanol–water partition coefficient (Wildman–Crippen LogP) is 6.79. The summed E-state index contributed by atoms with van der Waals surface area (Å²) in [6, 6.07) is 23.6. The van der Waals surface area contributed by atoms with Crippen molar-refractivity contribution in [3.63, 3.8) is 0 Å². The van der Waals surface area contributed by atoms with E-state index in [0.29, 0.717) is 56.0 Å². The molecule has 0 unspecified atom stereocenters. The number of aliphatic hydroxyl groups excluding tert-OH is 1. The maximum atomic E-state index is 15.4. The number of para-hydroxylation sites is 1. The van der Waals surface area contributed by atoms with Gasteiger partial charge in [-0.25, -0.2) is 0 Å². The number of carbonyl (C=O) groups is 3. The minimum atomic E-state index is -3.11. The van der Waals surface area contributed by atoms with Crippen molar-refractivity contribution in [2.45, 2.75) is 115 Å². The van der Waals surface area contributed by atoms with Gasteiger partial charge in [0.1, 0.15) is 5.54 Å². The number of benzene rings is 3. The molecule has 0 aromatic heterocycles. The molecule has 5 aliphatic rings. The Bertz CT molecular complexity index is 2210. The Morgan fingerprint density at radius 3 is 2.33 bits per heavy atom. The molecule has 61 heavy (non-hydrogen) atoms. The van der Waals surface area contributed by atoms with Crippen LogP contribution in [0.15, 0.2) is 96.1 Å². The van der Waals surface area contributed by atoms with Crippen molar-refractivity contribution >= 4 is 43.1 Å². The SMILES string of the molecule is CC(C)=CCC/C(C)=C/CN1C(=O)[C@]2(O[C@H](CC(=O)N3Cc4ccccc4C[C@H]3CO)[C@@H]([Si](C)(C)O)[C@@H]2C)c2cc(N3CN(c4ccccc4)C4(CCNCC4)C3=O)ccc21. The highest BCUT2D eigenvalue weighted by Crippen LogP contribution is 2.60. The van der Waals surface area contributed by atoms with Gasteiger partial charge in [0.2, 0.25) is 5.91 Å². The van der Waals surface area contributed by atoms with Gasteiger partial charge in [-0.1, -0.05) is 72.7 Å². The summed E-state index contributed by atoms with van der Waals surface area (Å²) in [5, 5.41) is 13.9. The van der Waals surface area contributed by atoms with Crippen molar-refractivity contribution in [1.29, 1.82) is 0 Å². The first-order valence-electron chi connectivity index (χ1n) is 22.2. The summed E-state index contributed by atoms with van der Waals surface area (Å²) in [5.41, 5.74) is 5.00. The van der Waals surface area contributed by atoms with Crippen LogP contribution in [0.4, 0.5) is 17.1 Å². The van der Waals surface area contributed by atoms with Gasteiger partial charge in [0, 0.05) is 41.5 Å². The van der Waals surface area contributed by atoms with E-state index in [-0.39, 0.29) is 36.8 Å². The van der Waals surface area contributed by atoms with E-state index in [2.05, 4.69) is 55.3 Å². The number of nitrogens with zero attached hydrogens (tertiary/aromatic N) is 4. The van der Waals surface area contributed by atoms with Gasteiger partial charge in [-0.2, -0.15) is 0 Å². The zero-order valence-electron chi connectivity index (χ0n) is 36.7. The molecule has 3 N–H and O–H groups in total. The molecule has 5 heterocycles. The summed E-state index contributed by atoms with van der Waals surface area (Å²) in [6.45, 7) is 14.4. The van der Waals surface area contributed by atoms with Crippen LogP contribution in [-0.4, -0.2) is 91.4 Å². The number of rotatable bonds is 11. The van der Waals surface area contributed by atoms with Crippen LogP contribution in [0, 0.1) is 5.92 Å². The second-order valence-electron chi connectivity index (χ2n) is 18.8. The third kappa shape index (κ3) is 7.68. The lowest BCUT2D eigenvalue weighted by atomic mass is 9.82. The number of piperidine rings is 1. The van der Waals surface area contributed by atoms with E-state index in [1.807, 2.05) is 85.6 Å². The zero-order chi connectivity index (χ0) is 43.3. The Morgan fingerprint density at radius 2 is 1.64 bits per heavy atom. The molecule has 0 bridgehead atoms. The molecule has 3 aromatic carbocycles. The first-order chi connectivity index (χ1) is 29.2. The number of nitrogens with one attached hydrogen (secondary N) is 1. The largest absolute Gasteiger partial charge is 0.432 e. The van der Waals surface area contributed by atoms with Gasteiger partial charge in [0.25, 0.3) is 11.8 Å². The first-order valence-corrected chi connectivity index (χ1v) is 25.2. The molecule has 5 atom stereocenters. The third-order valence-electron chi connectivity index (χ3n) is 14.2. The second kappa shape index (κ2) is 16.9. The third-order valence-corrected chi connectivity index (χ3v) is 16.7. The summed E-state index contributed by atoms with van der Waals surface area (Å²) in [6.07, 6.45) is 7.22. The van der Waals surface area contributed by atoms with Gasteiger partial charge in [-0.15, -0.1) is 0 Å². The van der Waals surface area contributed by atoms with Gasteiger partial charge in [0.05, 0.1) is 37.5 Å². The fourth-order valence-corrected chi connectivity index (χ4v) is 13.6. The van der Waals surface area contributed by atoms with Crippen LogP contribution >= 0.6 is 0 Å². The smallest absolute Gasteiger partial charge is 0.264 e. The number of amides is 3. The van der Waals surface area contributed by atoms with E-state index in [0.717, 1.165) is 42.7 Å². The number of hydrogen-bond acceptors (Lipinski definition) is 8. The average molecular weight is 846 g/mol. The van der Waals surface area contributed by atoms with Crippen molar-refractivity contribution < 1.29 is 29.0 Å². The lowest BCUT2D eigenvalue weighted by Crippen LogP contribution is -2.55. The maximum Gasteiger partial charge on any atom is 0.264 e. The molecule has 5 aliphatic heterocycles. The molecular weight excluding hydrogens is 783 g/mol. The quantitative estimate of drug-likeness (QED) is 0.142. The number of aliphatic hydroxyl groups is 1. The summed E-state index contributed by atoms with van der Waals surface area (Å²) in [7, 11) is -3.11. The van der Waals surface area contributed by atoms with Crippen LogP contribution < -0.4 is 20.0 Å². The summed E-state index contributed by atoms with van der Waals surface area (Å²) >= 11 is 0. The maximum absolute atomic E-state index is 15.4. The molecular formula is C49H63N5O6Si. The van der Waals surface area contributed by atoms with Gasteiger partial charge in [-0.3, -0.25) is 19.3 Å². The highest BCUT2D eigenvalue weighted by molar-refractivity contribution is 6.71. The zero-order valence-corrected chi connectivity index (χ0v) is 37.7. The van der Waals surface area contributed by atoms with Crippen molar-refractivity contribution in [1.82, 2.24) is 10.2 Å². The van der Waals surface area contributed by atoms with E-state index in [1.165, 1.54) is 11.1 Å². The Morgan fingerprint density at radius 1 is 0.934 bits per heavy atom. The molecule has 8 rings (SSSR count). The molecule has 0 saturated carbocycles.